The van der Waals surface area contributed by atoms with Gasteiger partial charge in [-0.3, -0.25) is 9.89 Å². The Morgan fingerprint density at radius 2 is 2.12 bits per heavy atom. The van der Waals surface area contributed by atoms with Crippen LogP contribution in [-0.4, -0.2) is 44.9 Å². The minimum atomic E-state index is -1.30. The first-order valence-corrected chi connectivity index (χ1v) is 4.63. The fourth-order valence-electron chi connectivity index (χ4n) is 1.30. The number of nitrogens with zero attached hydrogens (tertiary/aromatic N) is 1. The van der Waals surface area contributed by atoms with Crippen molar-refractivity contribution < 1.29 is 19.8 Å². The molecule has 1 amide bonds. The van der Waals surface area contributed by atoms with Crippen LogP contribution in [0.4, 0.5) is 0 Å². The number of aliphatic hydroxyl groups is 1. The molecular formula is C9H13N3O4. The van der Waals surface area contributed by atoms with E-state index in [4.69, 9.17) is 10.2 Å². The van der Waals surface area contributed by atoms with E-state index in [-0.39, 0.29) is 0 Å². The first-order chi connectivity index (χ1) is 7.47. The SMILES string of the molecule is Cc1n[nH]c(C)c1C(=O)N[C@H](CO)C(=O)O. The minimum Gasteiger partial charge on any atom is -0.480 e. The molecule has 1 atom stereocenters. The number of nitrogens with one attached hydrogen (secondary N) is 2. The maximum atomic E-state index is 11.7. The Kier molecular flexibility index (Phi) is 3.62. The fraction of sp³-hybridized carbons (Fsp3) is 0.444. The van der Waals surface area contributed by atoms with Crippen molar-refractivity contribution in [2.75, 3.05) is 6.61 Å². The second-order valence-electron chi connectivity index (χ2n) is 3.36. The molecule has 7 heteroatoms. The van der Waals surface area contributed by atoms with Crippen LogP contribution in [0.1, 0.15) is 21.7 Å². The van der Waals surface area contributed by atoms with Crippen LogP contribution in [0.3, 0.4) is 0 Å². The summed E-state index contributed by atoms with van der Waals surface area (Å²) in [7, 11) is 0. The number of hydrogen-bond donors (Lipinski definition) is 4. The molecule has 0 aliphatic heterocycles. The molecule has 0 bridgehead atoms. The van der Waals surface area contributed by atoms with Gasteiger partial charge in [0.15, 0.2) is 6.04 Å². The normalized spacial score (nSPS) is 12.2. The van der Waals surface area contributed by atoms with Crippen LogP contribution in [-0.2, 0) is 4.79 Å². The Bertz CT molecular complexity index is 393. The highest BCUT2D eigenvalue weighted by atomic mass is 16.4. The average Bonchev–Trinajstić information content (AvgIpc) is 2.54. The summed E-state index contributed by atoms with van der Waals surface area (Å²) < 4.78 is 0. The Balaban J connectivity index is 2.84. The van der Waals surface area contributed by atoms with E-state index in [1.54, 1.807) is 13.8 Å². The molecule has 1 aromatic rings. The molecule has 0 aromatic carbocycles. The standard InChI is InChI=1S/C9H13N3O4/c1-4-7(5(2)12-11-4)8(14)10-6(3-13)9(15)16/h6,13H,3H2,1-2H3,(H,10,14)(H,11,12)(H,15,16)/t6-/m1/s1. The van der Waals surface area contributed by atoms with Gasteiger partial charge in [0.2, 0.25) is 0 Å². The van der Waals surface area contributed by atoms with Gasteiger partial charge in [-0.05, 0) is 13.8 Å². The molecule has 0 fully saturated rings. The Morgan fingerprint density at radius 1 is 1.50 bits per heavy atom. The molecule has 16 heavy (non-hydrogen) atoms. The molecule has 0 saturated heterocycles. The first-order valence-electron chi connectivity index (χ1n) is 4.63. The van der Waals surface area contributed by atoms with Crippen LogP contribution >= 0.6 is 0 Å². The third kappa shape index (κ3) is 2.37. The van der Waals surface area contributed by atoms with Crippen molar-refractivity contribution in [1.82, 2.24) is 15.5 Å². The van der Waals surface area contributed by atoms with Crippen molar-refractivity contribution in [3.63, 3.8) is 0 Å². The fourth-order valence-corrected chi connectivity index (χ4v) is 1.30. The number of H-pyrrole nitrogens is 1. The van der Waals surface area contributed by atoms with Crippen molar-refractivity contribution in [2.24, 2.45) is 0 Å². The number of carboxylic acids is 1. The zero-order valence-electron chi connectivity index (χ0n) is 8.94. The molecule has 1 aromatic heterocycles. The smallest absolute Gasteiger partial charge is 0.328 e. The number of aromatic amines is 1. The third-order valence-electron chi connectivity index (χ3n) is 2.14. The number of rotatable bonds is 4. The summed E-state index contributed by atoms with van der Waals surface area (Å²) >= 11 is 0. The van der Waals surface area contributed by atoms with Crippen LogP contribution in [0, 0.1) is 13.8 Å². The summed E-state index contributed by atoms with van der Waals surface area (Å²) in [6.45, 7) is 2.63. The van der Waals surface area contributed by atoms with E-state index in [9.17, 15) is 9.59 Å². The van der Waals surface area contributed by atoms with Gasteiger partial charge < -0.3 is 15.5 Å². The third-order valence-corrected chi connectivity index (χ3v) is 2.14. The number of aromatic nitrogens is 2. The van der Waals surface area contributed by atoms with Crippen LogP contribution in [0.5, 0.6) is 0 Å². The van der Waals surface area contributed by atoms with Gasteiger partial charge >= 0.3 is 5.97 Å². The van der Waals surface area contributed by atoms with Crippen LogP contribution in [0.2, 0.25) is 0 Å². The summed E-state index contributed by atoms with van der Waals surface area (Å²) in [5.41, 5.74) is 1.34. The maximum absolute atomic E-state index is 11.7. The molecule has 4 N–H and O–H groups in total. The summed E-state index contributed by atoms with van der Waals surface area (Å²) in [4.78, 5) is 22.3. The lowest BCUT2D eigenvalue weighted by molar-refractivity contribution is -0.140. The molecule has 0 aliphatic rings. The van der Waals surface area contributed by atoms with Gasteiger partial charge in [-0.2, -0.15) is 5.10 Å². The molecule has 0 spiro atoms. The number of carbonyl (C=O) groups is 2. The van der Waals surface area contributed by atoms with E-state index in [1.807, 2.05) is 0 Å². The predicted molar refractivity (Wildman–Crippen MR) is 54.0 cm³/mol. The van der Waals surface area contributed by atoms with Gasteiger partial charge in [0.05, 0.1) is 17.9 Å². The number of hydrogen-bond acceptors (Lipinski definition) is 4. The average molecular weight is 227 g/mol. The van der Waals surface area contributed by atoms with Crippen molar-refractivity contribution >= 4 is 11.9 Å². The second-order valence-corrected chi connectivity index (χ2v) is 3.36. The molecule has 1 rings (SSSR count). The number of aliphatic carboxylic acids is 1. The lowest BCUT2D eigenvalue weighted by atomic mass is 10.1. The van der Waals surface area contributed by atoms with Gasteiger partial charge in [0, 0.05) is 5.69 Å². The largest absolute Gasteiger partial charge is 0.480 e. The number of carboxylic acid groups (broad SMARTS) is 1. The summed E-state index contributed by atoms with van der Waals surface area (Å²) in [6.07, 6.45) is 0. The van der Waals surface area contributed by atoms with Crippen LogP contribution in [0.15, 0.2) is 0 Å². The van der Waals surface area contributed by atoms with Crippen molar-refractivity contribution in [2.45, 2.75) is 19.9 Å². The molecule has 0 unspecified atom stereocenters. The van der Waals surface area contributed by atoms with Gasteiger partial charge in [-0.15, -0.1) is 0 Å². The van der Waals surface area contributed by atoms with Gasteiger partial charge in [0.25, 0.3) is 5.91 Å². The van der Waals surface area contributed by atoms with Crippen molar-refractivity contribution in [1.29, 1.82) is 0 Å². The molecule has 0 radical (unpaired) electrons. The molecule has 1 heterocycles. The van der Waals surface area contributed by atoms with Crippen molar-refractivity contribution in [3.8, 4) is 0 Å². The van der Waals surface area contributed by atoms with Gasteiger partial charge in [0.1, 0.15) is 0 Å². The van der Waals surface area contributed by atoms with Gasteiger partial charge in [-0.25, -0.2) is 4.79 Å². The zero-order chi connectivity index (χ0) is 12.3. The van der Waals surface area contributed by atoms with Crippen molar-refractivity contribution in [3.05, 3.63) is 17.0 Å². The highest BCUT2D eigenvalue weighted by Gasteiger charge is 2.22. The lowest BCUT2D eigenvalue weighted by Crippen LogP contribution is -2.43. The zero-order valence-corrected chi connectivity index (χ0v) is 8.94. The molecular weight excluding hydrogens is 214 g/mol. The molecule has 7 nitrogen and oxygen atoms in total. The van der Waals surface area contributed by atoms with E-state index in [0.717, 1.165) is 0 Å². The monoisotopic (exact) mass is 227 g/mol. The van der Waals surface area contributed by atoms with E-state index < -0.39 is 24.5 Å². The van der Waals surface area contributed by atoms with Gasteiger partial charge in [-0.1, -0.05) is 0 Å². The Hall–Kier alpha value is -1.89. The summed E-state index contributed by atoms with van der Waals surface area (Å²) in [6, 6.07) is -1.30. The number of aryl methyl sites for hydroxylation is 2. The number of amides is 1. The van der Waals surface area contributed by atoms with E-state index >= 15 is 0 Å². The molecule has 88 valence electrons. The first kappa shape index (κ1) is 12.2. The van der Waals surface area contributed by atoms with Crippen LogP contribution < -0.4 is 5.32 Å². The van der Waals surface area contributed by atoms with E-state index in [1.165, 1.54) is 0 Å². The highest BCUT2D eigenvalue weighted by molar-refractivity contribution is 5.98. The number of carbonyl (C=O) groups excluding carboxylic acids is 1. The minimum absolute atomic E-state index is 0.305. The topological polar surface area (TPSA) is 115 Å². The molecule has 0 saturated carbocycles. The summed E-state index contributed by atoms with van der Waals surface area (Å²) in [5.74, 6) is -1.85. The van der Waals surface area contributed by atoms with E-state index in [2.05, 4.69) is 15.5 Å². The predicted octanol–water partition coefficient (Wildman–Crippen LogP) is -0.798. The Morgan fingerprint density at radius 3 is 2.50 bits per heavy atom. The lowest BCUT2D eigenvalue weighted by Gasteiger charge is -2.11. The maximum Gasteiger partial charge on any atom is 0.328 e. The Labute approximate surface area is 91.5 Å². The molecule has 0 aliphatic carbocycles. The highest BCUT2D eigenvalue weighted by Crippen LogP contribution is 2.08. The quantitative estimate of drug-likeness (QED) is 0.537. The van der Waals surface area contributed by atoms with E-state index in [0.29, 0.717) is 17.0 Å². The van der Waals surface area contributed by atoms with Crippen LogP contribution in [0.25, 0.3) is 0 Å². The number of aliphatic hydroxyl groups excluding tert-OH is 1. The second kappa shape index (κ2) is 4.75. The summed E-state index contributed by atoms with van der Waals surface area (Å²) in [5, 5.41) is 26.1.